The van der Waals surface area contributed by atoms with Gasteiger partial charge >= 0.3 is 0 Å². The average molecular weight is 560 g/mol. The van der Waals surface area contributed by atoms with Crippen LogP contribution >= 0.6 is 0 Å². The fraction of sp³-hybridized carbons (Fsp3) is 0.148. The summed E-state index contributed by atoms with van der Waals surface area (Å²) >= 11 is 0. The summed E-state index contributed by atoms with van der Waals surface area (Å²) in [4.78, 5) is 17.8. The van der Waals surface area contributed by atoms with Crippen LogP contribution in [0.5, 0.6) is 5.88 Å². The van der Waals surface area contributed by atoms with Crippen molar-refractivity contribution in [2.75, 3.05) is 42.8 Å². The lowest BCUT2D eigenvalue weighted by Gasteiger charge is -2.36. The molecule has 3 aromatic carbocycles. The average Bonchev–Trinajstić information content (AvgIpc) is 3.56. The van der Waals surface area contributed by atoms with Crippen LogP contribution in [0.25, 0.3) is 27.8 Å². The first-order chi connectivity index (χ1) is 19.2. The van der Waals surface area contributed by atoms with Crippen molar-refractivity contribution in [3.05, 3.63) is 72.4 Å². The van der Waals surface area contributed by atoms with Gasteiger partial charge in [-0.2, -0.15) is 0 Å². The van der Waals surface area contributed by atoms with Gasteiger partial charge < -0.3 is 24.8 Å². The first-order valence-corrected chi connectivity index (χ1v) is 13.8. The number of anilines is 3. The lowest BCUT2D eigenvalue weighted by Crippen LogP contribution is -2.43. The van der Waals surface area contributed by atoms with Crippen LogP contribution in [0.15, 0.2) is 76.1 Å². The number of amides is 1. The second-order valence-electron chi connectivity index (χ2n) is 9.36. The number of hydrogen-bond acceptors (Lipinski definition) is 9. The van der Waals surface area contributed by atoms with Crippen LogP contribution in [0.4, 0.5) is 17.2 Å². The monoisotopic (exact) mass is 559 g/mol. The third-order valence-electron chi connectivity index (χ3n) is 6.93. The Balaban J connectivity index is 1.43. The number of fused-ring (bicyclic) bond motifs is 2. The Morgan fingerprint density at radius 3 is 2.60 bits per heavy atom. The van der Waals surface area contributed by atoms with Gasteiger partial charge in [0.05, 0.1) is 34.5 Å². The Kier molecular flexibility index (Phi) is 5.97. The van der Waals surface area contributed by atoms with Crippen molar-refractivity contribution in [3.63, 3.8) is 0 Å². The molecule has 40 heavy (non-hydrogen) atoms. The maximum atomic E-state index is 14.1. The molecule has 0 unspecified atom stereocenters. The highest BCUT2D eigenvalue weighted by Gasteiger charge is 2.30. The number of carbonyl (C=O) groups is 1. The van der Waals surface area contributed by atoms with Gasteiger partial charge in [0.15, 0.2) is 11.4 Å². The smallest absolute Gasteiger partial charge is 0.277 e. The first-order valence-electron chi connectivity index (χ1n) is 12.2. The van der Waals surface area contributed by atoms with Gasteiger partial charge in [0.25, 0.3) is 5.91 Å². The van der Waals surface area contributed by atoms with Crippen molar-refractivity contribution in [2.45, 2.75) is 4.90 Å². The zero-order chi connectivity index (χ0) is 28.2. The van der Waals surface area contributed by atoms with E-state index in [9.17, 15) is 13.2 Å². The molecular formula is C27H25N7O5S. The van der Waals surface area contributed by atoms with Crippen molar-refractivity contribution in [1.29, 1.82) is 0 Å². The Morgan fingerprint density at radius 1 is 1.02 bits per heavy atom. The van der Waals surface area contributed by atoms with E-state index in [0.29, 0.717) is 46.6 Å². The van der Waals surface area contributed by atoms with E-state index in [-0.39, 0.29) is 28.2 Å². The molecule has 1 amide bonds. The number of likely N-dealkylation sites (N-methyl/N-ethyl adjacent to an activating group) is 1. The lowest BCUT2D eigenvalue weighted by atomic mass is 10.0. The molecule has 0 spiro atoms. The Labute approximate surface area is 229 Å². The van der Waals surface area contributed by atoms with Gasteiger partial charge in [-0.15, -0.1) is 5.10 Å². The summed E-state index contributed by atoms with van der Waals surface area (Å²) in [7, 11) is -0.539. The third kappa shape index (κ3) is 4.21. The highest BCUT2D eigenvalue weighted by molar-refractivity contribution is 7.89. The summed E-state index contributed by atoms with van der Waals surface area (Å²) < 4.78 is 36.5. The number of benzene rings is 3. The van der Waals surface area contributed by atoms with E-state index in [1.165, 1.54) is 17.9 Å². The van der Waals surface area contributed by atoms with Gasteiger partial charge in [-0.1, -0.05) is 29.4 Å². The number of aromatic nitrogens is 3. The van der Waals surface area contributed by atoms with Crippen molar-refractivity contribution in [2.24, 2.45) is 5.14 Å². The van der Waals surface area contributed by atoms with Gasteiger partial charge in [0, 0.05) is 31.8 Å². The molecule has 1 aliphatic heterocycles. The first kappa shape index (κ1) is 25.4. The van der Waals surface area contributed by atoms with E-state index >= 15 is 0 Å². The van der Waals surface area contributed by atoms with Crippen LogP contribution < -0.4 is 25.4 Å². The zero-order valence-electron chi connectivity index (χ0n) is 21.6. The minimum Gasteiger partial charge on any atom is -0.480 e. The number of rotatable bonds is 5. The Bertz CT molecular complexity index is 1900. The van der Waals surface area contributed by atoms with Crippen LogP contribution in [0, 0.1) is 0 Å². The molecule has 1 aliphatic rings. The molecule has 0 saturated heterocycles. The van der Waals surface area contributed by atoms with Gasteiger partial charge in [-0.25, -0.2) is 18.2 Å². The summed E-state index contributed by atoms with van der Waals surface area (Å²) in [5.41, 5.74) is 9.90. The van der Waals surface area contributed by atoms with Crippen LogP contribution in [-0.2, 0) is 10.0 Å². The SMILES string of the molecule is COc1cc(C(=O)N2CCN(C)c3cc(-c4ccccc4S(N)(=O)=O)ccc32)n(-c2ccc3onc(N)c3c2)n1. The van der Waals surface area contributed by atoms with E-state index < -0.39 is 10.0 Å². The lowest BCUT2D eigenvalue weighted by molar-refractivity contribution is 0.0979. The highest BCUT2D eigenvalue weighted by atomic mass is 32.2. The van der Waals surface area contributed by atoms with Crippen LogP contribution in [0.1, 0.15) is 10.5 Å². The minimum atomic E-state index is -3.94. The van der Waals surface area contributed by atoms with Crippen molar-refractivity contribution in [1.82, 2.24) is 14.9 Å². The minimum absolute atomic E-state index is 0.0303. The van der Waals surface area contributed by atoms with E-state index in [0.717, 1.165) is 5.69 Å². The second kappa shape index (κ2) is 9.39. The summed E-state index contributed by atoms with van der Waals surface area (Å²) in [5, 5.41) is 14.3. The van der Waals surface area contributed by atoms with Crippen molar-refractivity contribution in [3.8, 4) is 22.7 Å². The molecule has 5 aromatic rings. The van der Waals surface area contributed by atoms with Crippen molar-refractivity contribution < 1.29 is 22.5 Å². The molecule has 2 aromatic heterocycles. The fourth-order valence-electron chi connectivity index (χ4n) is 4.90. The Hall–Kier alpha value is -4.88. The molecule has 3 heterocycles. The molecule has 204 valence electrons. The maximum absolute atomic E-state index is 14.1. The number of carbonyl (C=O) groups excluding carboxylic acids is 1. The van der Waals surface area contributed by atoms with E-state index in [1.807, 2.05) is 18.0 Å². The van der Waals surface area contributed by atoms with Crippen LogP contribution in [0.3, 0.4) is 0 Å². The number of methoxy groups -OCH3 is 1. The molecule has 13 heteroatoms. The fourth-order valence-corrected chi connectivity index (χ4v) is 5.66. The molecule has 0 radical (unpaired) electrons. The molecule has 0 saturated carbocycles. The van der Waals surface area contributed by atoms with E-state index in [1.54, 1.807) is 59.5 Å². The molecule has 6 rings (SSSR count). The third-order valence-corrected chi connectivity index (χ3v) is 7.90. The molecule has 0 aliphatic carbocycles. The predicted molar refractivity (Wildman–Crippen MR) is 150 cm³/mol. The van der Waals surface area contributed by atoms with E-state index in [4.69, 9.17) is 20.1 Å². The predicted octanol–water partition coefficient (Wildman–Crippen LogP) is 3.02. The molecule has 0 fully saturated rings. The molecule has 4 N–H and O–H groups in total. The summed E-state index contributed by atoms with van der Waals surface area (Å²) in [6.07, 6.45) is 0. The highest BCUT2D eigenvalue weighted by Crippen LogP contribution is 2.38. The van der Waals surface area contributed by atoms with Gasteiger partial charge in [0.2, 0.25) is 15.9 Å². The van der Waals surface area contributed by atoms with Gasteiger partial charge in [-0.05, 0) is 42.0 Å². The molecule has 0 bridgehead atoms. The largest absolute Gasteiger partial charge is 0.480 e. The quantitative estimate of drug-likeness (QED) is 0.329. The number of ether oxygens (including phenoxy) is 1. The van der Waals surface area contributed by atoms with Crippen LogP contribution in [-0.4, -0.2) is 56.5 Å². The standard InChI is InChI=1S/C27H25N7O5S/c1-32-11-12-33(20-9-7-16(13-21(20)32)18-5-3-4-6-24(18)40(29,36)37)27(35)22-15-25(38-2)30-34(22)17-8-10-23-19(14-17)26(28)31-39-23/h3-10,13-15H,11-12H2,1-2H3,(H2,28,31)(H2,29,36,37). The topological polar surface area (TPSA) is 163 Å². The molecular weight excluding hydrogens is 534 g/mol. The summed E-state index contributed by atoms with van der Waals surface area (Å²) in [6, 6.07) is 18.8. The number of nitrogens with zero attached hydrogens (tertiary/aromatic N) is 5. The van der Waals surface area contributed by atoms with Gasteiger partial charge in [0.1, 0.15) is 5.69 Å². The number of hydrogen-bond donors (Lipinski definition) is 2. The normalized spacial score (nSPS) is 13.5. The van der Waals surface area contributed by atoms with E-state index in [2.05, 4.69) is 10.3 Å². The number of primary sulfonamides is 1. The number of sulfonamides is 1. The maximum Gasteiger partial charge on any atom is 0.277 e. The summed E-state index contributed by atoms with van der Waals surface area (Å²) in [6.45, 7) is 0.966. The number of nitrogen functional groups attached to an aromatic ring is 1. The number of nitrogens with two attached hydrogens (primary N) is 2. The van der Waals surface area contributed by atoms with Crippen LogP contribution in [0.2, 0.25) is 0 Å². The molecule has 0 atom stereocenters. The zero-order valence-corrected chi connectivity index (χ0v) is 22.4. The van der Waals surface area contributed by atoms with Crippen molar-refractivity contribution >= 4 is 44.1 Å². The molecule has 12 nitrogen and oxygen atoms in total. The second-order valence-corrected chi connectivity index (χ2v) is 10.9. The van der Waals surface area contributed by atoms with Gasteiger partial charge in [-0.3, -0.25) is 4.79 Å². The Morgan fingerprint density at radius 2 is 1.82 bits per heavy atom. The summed E-state index contributed by atoms with van der Waals surface area (Å²) in [5.74, 6) is 0.212.